The Bertz CT molecular complexity index is 2500. The average Bonchev–Trinajstić information content (AvgIpc) is 0.759. The number of nitro groups is 1. The number of unbranched alkanes of at least 4 members (excludes halogenated alkanes) is 3. The quantitative estimate of drug-likeness (QED) is 0.00761. The van der Waals surface area contributed by atoms with Crippen LogP contribution in [-0.2, 0) is 66.7 Å². The van der Waals surface area contributed by atoms with E-state index in [1.807, 2.05) is 0 Å². The normalized spacial score (nSPS) is 33.3. The average molecular weight is 1300 g/mol. The number of benzene rings is 1. The van der Waals surface area contributed by atoms with Crippen LogP contribution in [0.4, 0.5) is 5.69 Å². The number of hydrogen-bond donors (Lipinski definition) is 18. The number of ether oxygens (including phenoxy) is 9. The number of amides is 4. The van der Waals surface area contributed by atoms with Crippen molar-refractivity contribution >= 4 is 41.3 Å². The lowest BCUT2D eigenvalue weighted by Crippen LogP contribution is -2.72. The van der Waals surface area contributed by atoms with Gasteiger partial charge in [0.1, 0.15) is 97.2 Å². The Morgan fingerprint density at radius 3 is 1.89 bits per heavy atom. The van der Waals surface area contributed by atoms with Crippen molar-refractivity contribution in [2.45, 2.75) is 212 Å². The summed E-state index contributed by atoms with van der Waals surface area (Å²) in [7, 11) is 0. The van der Waals surface area contributed by atoms with Crippen molar-refractivity contribution in [3.05, 3.63) is 47.0 Å². The lowest BCUT2D eigenvalue weighted by molar-refractivity contribution is -0.401. The monoisotopic (exact) mass is 1300 g/mol. The highest BCUT2D eigenvalue weighted by atomic mass is 16.8. The summed E-state index contributed by atoms with van der Waals surface area (Å²) >= 11 is 0. The Balaban J connectivity index is 1.24. The number of aliphatic carboxylic acids is 1. The second-order valence-corrected chi connectivity index (χ2v) is 21.8. The number of nitrogens with one attached hydrogen (secondary N) is 4. The number of esters is 1. The number of hydrogen-bond acceptors (Lipinski definition) is 30. The minimum Gasteiger partial charge on any atom is -0.477 e. The molecule has 18 N–H and O–H groups in total. The van der Waals surface area contributed by atoms with Gasteiger partial charge < -0.3 is 135 Å². The third-order valence-corrected chi connectivity index (χ3v) is 15.1. The molecule has 0 bridgehead atoms. The molecule has 0 radical (unpaired) electrons. The summed E-state index contributed by atoms with van der Waals surface area (Å²) in [6.45, 7) is 0.738. The topological polar surface area (TPSA) is 560 Å². The summed E-state index contributed by atoms with van der Waals surface area (Å²) < 4.78 is 52.0. The molecule has 36 heteroatoms. The van der Waals surface area contributed by atoms with Gasteiger partial charge >= 0.3 is 11.9 Å². The second-order valence-electron chi connectivity index (χ2n) is 21.8. The van der Waals surface area contributed by atoms with E-state index < -0.39 is 214 Å². The molecule has 4 aliphatic rings. The highest BCUT2D eigenvalue weighted by molar-refractivity contribution is 5.78. The Hall–Kier alpha value is -5.66. The second kappa shape index (κ2) is 35.4. The molecule has 510 valence electrons. The number of carbonyl (C=O) groups is 6. The maximum absolute atomic E-state index is 13.5. The number of carboxylic acid groups (broad SMARTS) is 1. The van der Waals surface area contributed by atoms with E-state index in [1.54, 1.807) is 0 Å². The third kappa shape index (κ3) is 20.2. The number of nitro benzene ring substituents is 1. The summed E-state index contributed by atoms with van der Waals surface area (Å²) in [5.41, 5.74) is -0.160. The number of nitrogens with zero attached hydrogens (tertiary/aromatic N) is 1. The standard InChI is InChI=1S/C54H83N5O31/c1-4-29(66)28(58-36(70)11-6-5-9-17-55-35(69)10-7-8-12-37(71)83-27-15-13-26(14-16-27)59(80)81)23-82-51-44(76)43(75)46(33(21-62)85-51)87-52-45(77)49(47(34(22-63)86-52)88-50-39(57-25(3)65)42(74)41(73)32(20-61)84-50)90-54(53(78)79)18-30(67)38(56-24(2)64)48(89-54)40(72)31(68)19-60/h4,13-16,28-34,38-52,60-63,66-68,72-77H,1,5-12,17-23H2,2-3H3,(H,55,69)(H,56,64)(H,57,65)(H,58,70)(H,78,79)/t28-,29+,30-,31+,32+,33+,34+,38+,39+,40+,41-,42+,43+,44+,45+,46+,47-,48+,49+,50-,51+,52-,54-/m0/s1. The van der Waals surface area contributed by atoms with Crippen molar-refractivity contribution in [2.24, 2.45) is 0 Å². The molecule has 4 heterocycles. The lowest BCUT2D eigenvalue weighted by atomic mass is 9.88. The molecule has 0 aromatic heterocycles. The van der Waals surface area contributed by atoms with Gasteiger partial charge in [-0.05, 0) is 37.8 Å². The summed E-state index contributed by atoms with van der Waals surface area (Å²) in [6, 6.07) is 0.265. The summed E-state index contributed by atoms with van der Waals surface area (Å²) in [6.07, 6.45) is -36.8. The minimum atomic E-state index is -3.31. The zero-order valence-electron chi connectivity index (χ0n) is 49.1. The van der Waals surface area contributed by atoms with Crippen LogP contribution in [-0.4, -0.2) is 292 Å². The molecule has 4 amide bonds. The zero-order chi connectivity index (χ0) is 66.7. The van der Waals surface area contributed by atoms with Gasteiger partial charge in [0.2, 0.25) is 23.6 Å². The number of rotatable bonds is 34. The van der Waals surface area contributed by atoms with Crippen LogP contribution < -0.4 is 26.0 Å². The van der Waals surface area contributed by atoms with E-state index in [0.717, 1.165) is 19.9 Å². The van der Waals surface area contributed by atoms with E-state index in [4.69, 9.17) is 42.6 Å². The van der Waals surface area contributed by atoms with Crippen LogP contribution in [0.3, 0.4) is 0 Å². The molecule has 0 aliphatic carbocycles. The van der Waals surface area contributed by atoms with Crippen molar-refractivity contribution < 1.29 is 148 Å². The van der Waals surface area contributed by atoms with Crippen molar-refractivity contribution in [3.63, 3.8) is 0 Å². The Kier molecular flexibility index (Phi) is 29.5. The highest BCUT2D eigenvalue weighted by Crippen LogP contribution is 2.40. The van der Waals surface area contributed by atoms with E-state index >= 15 is 0 Å². The number of non-ortho nitro benzene ring substituents is 1. The molecule has 1 aromatic rings. The Labute approximate surface area is 513 Å². The molecule has 0 unspecified atom stereocenters. The third-order valence-electron chi connectivity index (χ3n) is 15.1. The van der Waals surface area contributed by atoms with Gasteiger partial charge in [-0.25, -0.2) is 4.79 Å². The first-order chi connectivity index (χ1) is 42.6. The highest BCUT2D eigenvalue weighted by Gasteiger charge is 2.61. The number of aliphatic hydroxyl groups excluding tert-OH is 13. The van der Waals surface area contributed by atoms with E-state index in [0.29, 0.717) is 32.1 Å². The maximum Gasteiger partial charge on any atom is 0.364 e. The van der Waals surface area contributed by atoms with Gasteiger partial charge in [0.15, 0.2) is 18.9 Å². The summed E-state index contributed by atoms with van der Waals surface area (Å²) in [5.74, 6) is -8.39. The molecule has 5 rings (SSSR count). The van der Waals surface area contributed by atoms with Crippen molar-refractivity contribution in [3.8, 4) is 5.75 Å². The van der Waals surface area contributed by atoms with Gasteiger partial charge in [0.25, 0.3) is 11.5 Å². The van der Waals surface area contributed by atoms with Crippen LogP contribution in [0.15, 0.2) is 36.9 Å². The van der Waals surface area contributed by atoms with E-state index in [-0.39, 0.29) is 43.2 Å². The Morgan fingerprint density at radius 1 is 0.711 bits per heavy atom. The van der Waals surface area contributed by atoms with E-state index in [9.17, 15) is 110 Å². The molecule has 4 saturated heterocycles. The number of carbonyl (C=O) groups excluding carboxylic acids is 5. The summed E-state index contributed by atoms with van der Waals surface area (Å²) in [4.78, 5) is 85.8. The lowest BCUT2D eigenvalue weighted by Gasteiger charge is -2.52. The van der Waals surface area contributed by atoms with Crippen LogP contribution >= 0.6 is 0 Å². The number of carboxylic acids is 1. The summed E-state index contributed by atoms with van der Waals surface area (Å²) in [5, 5.41) is 173. The van der Waals surface area contributed by atoms with Crippen molar-refractivity contribution in [2.75, 3.05) is 39.6 Å². The fraction of sp³-hybridized carbons (Fsp3) is 0.741. The first-order valence-corrected chi connectivity index (χ1v) is 28.9. The van der Waals surface area contributed by atoms with Gasteiger partial charge in [-0.2, -0.15) is 0 Å². The first kappa shape index (κ1) is 75.1. The molecular weight excluding hydrogens is 1210 g/mol. The fourth-order valence-corrected chi connectivity index (χ4v) is 10.3. The van der Waals surface area contributed by atoms with E-state index in [2.05, 4.69) is 27.8 Å². The van der Waals surface area contributed by atoms with Crippen molar-refractivity contribution in [1.29, 1.82) is 0 Å². The van der Waals surface area contributed by atoms with Gasteiger partial charge in [0, 0.05) is 58.2 Å². The first-order valence-electron chi connectivity index (χ1n) is 28.9. The van der Waals surface area contributed by atoms with Crippen LogP contribution in [0.25, 0.3) is 0 Å². The molecule has 4 aliphatic heterocycles. The van der Waals surface area contributed by atoms with Crippen LogP contribution in [0, 0.1) is 10.1 Å². The smallest absolute Gasteiger partial charge is 0.364 e. The molecule has 4 fully saturated rings. The predicted molar refractivity (Wildman–Crippen MR) is 295 cm³/mol. The molecule has 36 nitrogen and oxygen atoms in total. The molecule has 1 aromatic carbocycles. The molecule has 90 heavy (non-hydrogen) atoms. The SMILES string of the molecule is C=C[C@@H](O)[C@H](CO[C@@H]1O[C@H](CO)[C@@H](O[C@@H]2O[C@H](CO)[C@H](O[C@@H]3O[C@H](CO)[C@H](O)[C@H](O)[C@H]3NC(C)=O)[C@H](O[C@]3(C(=O)O)C[C@H](O)[C@@H](NC(C)=O)[C@H]([C@H](O)[C@H](O)CO)O3)[C@H]2O)[C@H](O)[C@H]1O)NC(=O)CCCCCNC(=O)CCCCC(=O)Oc1ccc([N+](=O)[O-])cc1. The minimum absolute atomic E-state index is 0.0125. The Morgan fingerprint density at radius 2 is 1.29 bits per heavy atom. The van der Waals surface area contributed by atoms with Crippen molar-refractivity contribution in [1.82, 2.24) is 21.3 Å². The largest absolute Gasteiger partial charge is 0.477 e. The van der Waals surface area contributed by atoms with Crippen LogP contribution in [0.1, 0.15) is 71.6 Å². The maximum atomic E-state index is 13.5. The molecule has 23 atom stereocenters. The van der Waals surface area contributed by atoms with Gasteiger partial charge in [-0.3, -0.25) is 34.1 Å². The zero-order valence-corrected chi connectivity index (χ0v) is 49.1. The molecule has 0 spiro atoms. The van der Waals surface area contributed by atoms with Gasteiger partial charge in [-0.1, -0.05) is 12.5 Å². The number of aliphatic hydroxyl groups is 13. The van der Waals surface area contributed by atoms with Crippen LogP contribution in [0.5, 0.6) is 5.75 Å². The van der Waals surface area contributed by atoms with E-state index in [1.165, 1.54) is 24.3 Å². The molecular formula is C54H83N5O31. The van der Waals surface area contributed by atoms with Gasteiger partial charge in [-0.15, -0.1) is 6.58 Å². The predicted octanol–water partition coefficient (Wildman–Crippen LogP) is -7.45. The molecule has 0 saturated carbocycles. The van der Waals surface area contributed by atoms with Crippen LogP contribution in [0.2, 0.25) is 0 Å². The fourth-order valence-electron chi connectivity index (χ4n) is 10.3. The van der Waals surface area contributed by atoms with Gasteiger partial charge in [0.05, 0.1) is 62.2 Å².